The highest BCUT2D eigenvalue weighted by Crippen LogP contribution is 2.17. The quantitative estimate of drug-likeness (QED) is 0.780. The van der Waals surface area contributed by atoms with E-state index < -0.39 is 0 Å². The molecule has 3 heteroatoms. The minimum Gasteiger partial charge on any atom is -0.466 e. The first-order chi connectivity index (χ1) is 6.75. The fourth-order valence-corrected chi connectivity index (χ4v) is 1.87. The van der Waals surface area contributed by atoms with Crippen LogP contribution in [-0.4, -0.2) is 18.8 Å². The van der Waals surface area contributed by atoms with Crippen LogP contribution in [0.1, 0.15) is 24.4 Å². The molecular formula is C11H17NO2. The van der Waals surface area contributed by atoms with Crippen LogP contribution in [0.3, 0.4) is 0 Å². The highest BCUT2D eigenvalue weighted by molar-refractivity contribution is 5.07. The van der Waals surface area contributed by atoms with E-state index in [-0.39, 0.29) is 12.1 Å². The van der Waals surface area contributed by atoms with Crippen LogP contribution in [0, 0.1) is 6.92 Å². The van der Waals surface area contributed by atoms with E-state index in [4.69, 9.17) is 14.9 Å². The van der Waals surface area contributed by atoms with Crippen LogP contribution in [0.2, 0.25) is 0 Å². The molecule has 1 aliphatic rings. The summed E-state index contributed by atoms with van der Waals surface area (Å²) in [7, 11) is 0. The molecule has 1 aromatic heterocycles. The molecule has 1 aromatic rings. The first-order valence-corrected chi connectivity index (χ1v) is 5.18. The zero-order valence-corrected chi connectivity index (χ0v) is 8.53. The molecule has 0 aliphatic carbocycles. The summed E-state index contributed by atoms with van der Waals surface area (Å²) < 4.78 is 11.1. The number of aryl methyl sites for hydroxylation is 1. The Balaban J connectivity index is 1.95. The average molecular weight is 195 g/mol. The second kappa shape index (κ2) is 4.15. The highest BCUT2D eigenvalue weighted by atomic mass is 16.5. The second-order valence-corrected chi connectivity index (χ2v) is 3.93. The first kappa shape index (κ1) is 9.74. The molecule has 1 fully saturated rings. The van der Waals surface area contributed by atoms with E-state index in [1.807, 2.05) is 19.1 Å². The Morgan fingerprint density at radius 3 is 3.00 bits per heavy atom. The molecule has 3 nitrogen and oxygen atoms in total. The molecular weight excluding hydrogens is 178 g/mol. The van der Waals surface area contributed by atoms with Gasteiger partial charge >= 0.3 is 0 Å². The maximum atomic E-state index is 5.97. The summed E-state index contributed by atoms with van der Waals surface area (Å²) in [4.78, 5) is 0. The summed E-state index contributed by atoms with van der Waals surface area (Å²) >= 11 is 0. The van der Waals surface area contributed by atoms with Gasteiger partial charge in [0.15, 0.2) is 0 Å². The number of hydrogen-bond donors (Lipinski definition) is 1. The second-order valence-electron chi connectivity index (χ2n) is 3.93. The van der Waals surface area contributed by atoms with Crippen LogP contribution in [-0.2, 0) is 11.2 Å². The Hall–Kier alpha value is -0.800. The molecule has 0 saturated carbocycles. The highest BCUT2D eigenvalue weighted by Gasteiger charge is 2.23. The predicted molar refractivity (Wildman–Crippen MR) is 54.1 cm³/mol. The van der Waals surface area contributed by atoms with Gasteiger partial charge in [-0.25, -0.2) is 0 Å². The molecule has 0 radical (unpaired) electrons. The van der Waals surface area contributed by atoms with Crippen molar-refractivity contribution in [2.45, 2.75) is 38.3 Å². The Bertz CT molecular complexity index is 295. The molecule has 78 valence electrons. The number of furan rings is 1. The molecule has 2 N–H and O–H groups in total. The lowest BCUT2D eigenvalue weighted by atomic mass is 10.00. The molecule has 0 spiro atoms. The maximum Gasteiger partial charge on any atom is 0.106 e. The van der Waals surface area contributed by atoms with Crippen molar-refractivity contribution >= 4 is 0 Å². The molecule has 1 aliphatic heterocycles. The lowest BCUT2D eigenvalue weighted by Gasteiger charge is -2.28. The van der Waals surface area contributed by atoms with E-state index in [2.05, 4.69) is 0 Å². The molecule has 2 rings (SSSR count). The predicted octanol–water partition coefficient (Wildman–Crippen LogP) is 1.64. The monoisotopic (exact) mass is 195 g/mol. The Labute approximate surface area is 84.2 Å². The molecule has 2 unspecified atom stereocenters. The summed E-state index contributed by atoms with van der Waals surface area (Å²) in [6.07, 6.45) is 3.07. The van der Waals surface area contributed by atoms with Crippen molar-refractivity contribution in [1.82, 2.24) is 0 Å². The van der Waals surface area contributed by atoms with Crippen LogP contribution in [0.25, 0.3) is 0 Å². The third kappa shape index (κ3) is 2.16. The molecule has 2 heterocycles. The van der Waals surface area contributed by atoms with Gasteiger partial charge in [-0.1, -0.05) is 0 Å². The fraction of sp³-hybridized carbons (Fsp3) is 0.636. The van der Waals surface area contributed by atoms with Gasteiger partial charge in [0.1, 0.15) is 11.5 Å². The van der Waals surface area contributed by atoms with Crippen LogP contribution in [0.15, 0.2) is 16.5 Å². The summed E-state index contributed by atoms with van der Waals surface area (Å²) in [5.41, 5.74) is 5.97. The average Bonchev–Trinajstić information content (AvgIpc) is 2.56. The van der Waals surface area contributed by atoms with Crippen molar-refractivity contribution in [3.05, 3.63) is 23.7 Å². The van der Waals surface area contributed by atoms with Crippen molar-refractivity contribution in [2.75, 3.05) is 6.61 Å². The molecule has 0 aromatic carbocycles. The van der Waals surface area contributed by atoms with E-state index in [9.17, 15) is 0 Å². The van der Waals surface area contributed by atoms with E-state index in [0.717, 1.165) is 37.4 Å². The van der Waals surface area contributed by atoms with E-state index in [1.165, 1.54) is 0 Å². The van der Waals surface area contributed by atoms with Gasteiger partial charge in [0.25, 0.3) is 0 Å². The summed E-state index contributed by atoms with van der Waals surface area (Å²) in [5, 5.41) is 0. The zero-order valence-electron chi connectivity index (χ0n) is 8.53. The Kier molecular flexibility index (Phi) is 2.89. The van der Waals surface area contributed by atoms with Gasteiger partial charge in [-0.15, -0.1) is 0 Å². The van der Waals surface area contributed by atoms with Crippen LogP contribution >= 0.6 is 0 Å². The van der Waals surface area contributed by atoms with Crippen molar-refractivity contribution in [1.29, 1.82) is 0 Å². The zero-order chi connectivity index (χ0) is 9.97. The number of ether oxygens (including phenoxy) is 1. The standard InChI is InChI=1S/C11H17NO2/c1-8-4-5-9(14-8)7-11-10(12)3-2-6-13-11/h4-5,10-11H,2-3,6-7,12H2,1H3. The van der Waals surface area contributed by atoms with E-state index >= 15 is 0 Å². The van der Waals surface area contributed by atoms with Crippen molar-refractivity contribution in [3.8, 4) is 0 Å². The number of rotatable bonds is 2. The largest absolute Gasteiger partial charge is 0.466 e. The van der Waals surface area contributed by atoms with Crippen molar-refractivity contribution in [3.63, 3.8) is 0 Å². The Morgan fingerprint density at radius 1 is 1.50 bits per heavy atom. The van der Waals surface area contributed by atoms with E-state index in [1.54, 1.807) is 0 Å². The molecule has 2 atom stereocenters. The smallest absolute Gasteiger partial charge is 0.106 e. The fourth-order valence-electron chi connectivity index (χ4n) is 1.87. The van der Waals surface area contributed by atoms with Crippen LogP contribution in [0.4, 0.5) is 0 Å². The molecule has 0 bridgehead atoms. The molecule has 14 heavy (non-hydrogen) atoms. The minimum atomic E-state index is 0.134. The van der Waals surface area contributed by atoms with Crippen LogP contribution in [0.5, 0.6) is 0 Å². The first-order valence-electron chi connectivity index (χ1n) is 5.18. The van der Waals surface area contributed by atoms with Gasteiger partial charge in [0.2, 0.25) is 0 Å². The summed E-state index contributed by atoms with van der Waals surface area (Å²) in [6, 6.07) is 4.14. The van der Waals surface area contributed by atoms with E-state index in [0.29, 0.717) is 0 Å². The summed E-state index contributed by atoms with van der Waals surface area (Å²) in [5.74, 6) is 1.93. The van der Waals surface area contributed by atoms with Gasteiger partial charge in [-0.05, 0) is 31.9 Å². The van der Waals surface area contributed by atoms with Crippen molar-refractivity contribution < 1.29 is 9.15 Å². The van der Waals surface area contributed by atoms with Gasteiger partial charge in [-0.3, -0.25) is 0 Å². The van der Waals surface area contributed by atoms with Gasteiger partial charge in [0.05, 0.1) is 6.10 Å². The summed E-state index contributed by atoms with van der Waals surface area (Å²) in [6.45, 7) is 2.78. The maximum absolute atomic E-state index is 5.97. The number of hydrogen-bond acceptors (Lipinski definition) is 3. The van der Waals surface area contributed by atoms with Crippen molar-refractivity contribution in [2.24, 2.45) is 5.73 Å². The lowest BCUT2D eigenvalue weighted by molar-refractivity contribution is -0.000488. The Morgan fingerprint density at radius 2 is 2.36 bits per heavy atom. The topological polar surface area (TPSA) is 48.4 Å². The normalized spacial score (nSPS) is 27.9. The third-order valence-corrected chi connectivity index (χ3v) is 2.69. The van der Waals surface area contributed by atoms with Gasteiger partial charge < -0.3 is 14.9 Å². The molecule has 0 amide bonds. The van der Waals surface area contributed by atoms with Gasteiger partial charge in [0, 0.05) is 19.1 Å². The SMILES string of the molecule is Cc1ccc(CC2OCCCC2N)o1. The van der Waals surface area contributed by atoms with Crippen LogP contribution < -0.4 is 5.73 Å². The third-order valence-electron chi connectivity index (χ3n) is 2.69. The lowest BCUT2D eigenvalue weighted by Crippen LogP contribution is -2.41. The van der Waals surface area contributed by atoms with Gasteiger partial charge in [-0.2, -0.15) is 0 Å². The molecule has 1 saturated heterocycles. The number of nitrogens with two attached hydrogens (primary N) is 1. The minimum absolute atomic E-state index is 0.134.